The highest BCUT2D eigenvalue weighted by atomic mass is 15.1. The molecule has 0 amide bonds. The second-order valence-electron chi connectivity index (χ2n) is 14.5. The molecule has 11 rings (SSSR count). The van der Waals surface area contributed by atoms with Crippen LogP contribution in [0.4, 0.5) is 17.1 Å². The van der Waals surface area contributed by atoms with E-state index in [1.54, 1.807) is 0 Å². The fourth-order valence-corrected chi connectivity index (χ4v) is 9.28. The first-order valence-electron chi connectivity index (χ1n) is 18.8. The molecule has 0 bridgehead atoms. The van der Waals surface area contributed by atoms with Gasteiger partial charge >= 0.3 is 0 Å². The van der Waals surface area contributed by atoms with E-state index < -0.39 is 0 Å². The molecule has 2 aliphatic rings. The highest BCUT2D eigenvalue weighted by Crippen LogP contribution is 2.63. The Kier molecular flexibility index (Phi) is 6.84. The Hall–Kier alpha value is -6.96. The molecular formula is C53H35N. The van der Waals surface area contributed by atoms with Crippen molar-refractivity contribution in [3.05, 3.63) is 235 Å². The van der Waals surface area contributed by atoms with Gasteiger partial charge in [0.25, 0.3) is 0 Å². The van der Waals surface area contributed by atoms with E-state index in [2.05, 4.69) is 217 Å². The van der Waals surface area contributed by atoms with E-state index >= 15 is 0 Å². The van der Waals surface area contributed by atoms with Crippen LogP contribution in [0.5, 0.6) is 0 Å². The van der Waals surface area contributed by atoms with Gasteiger partial charge in [0, 0.05) is 17.1 Å². The number of hydrogen-bond acceptors (Lipinski definition) is 1. The molecule has 0 aromatic heterocycles. The standard InChI is InChI=1S/C53H35N/c1-2-12-36(13-3-1)38-24-28-42(29-25-38)54(43-30-26-39(27-31-43)41-23-22-37-14-4-5-15-40(37)34-41)44-32-33-52-48(35-44)47-18-8-11-21-51(47)53(52)49-19-9-6-16-45(49)46-17-7-10-20-50(46)53/h1-35H. The quantitative estimate of drug-likeness (QED) is 0.174. The van der Waals surface area contributed by atoms with Gasteiger partial charge in [0.1, 0.15) is 0 Å². The van der Waals surface area contributed by atoms with E-state index in [1.165, 1.54) is 77.5 Å². The molecule has 0 unspecified atom stereocenters. The van der Waals surface area contributed by atoms with Crippen molar-refractivity contribution in [2.24, 2.45) is 0 Å². The van der Waals surface area contributed by atoms with Crippen molar-refractivity contribution in [2.75, 3.05) is 4.90 Å². The molecule has 1 heteroatoms. The van der Waals surface area contributed by atoms with E-state index in [0.29, 0.717) is 0 Å². The third kappa shape index (κ3) is 4.52. The van der Waals surface area contributed by atoms with Gasteiger partial charge in [0.2, 0.25) is 0 Å². The minimum absolute atomic E-state index is 0.360. The number of hydrogen-bond donors (Lipinski definition) is 0. The molecule has 0 heterocycles. The molecular weight excluding hydrogens is 651 g/mol. The molecule has 0 saturated heterocycles. The van der Waals surface area contributed by atoms with Crippen LogP contribution in [0, 0.1) is 0 Å². The number of fused-ring (bicyclic) bond motifs is 11. The van der Waals surface area contributed by atoms with Gasteiger partial charge in [0.05, 0.1) is 5.41 Å². The first-order chi connectivity index (χ1) is 26.8. The van der Waals surface area contributed by atoms with Gasteiger partial charge < -0.3 is 4.90 Å². The van der Waals surface area contributed by atoms with Crippen molar-refractivity contribution >= 4 is 27.8 Å². The van der Waals surface area contributed by atoms with Crippen LogP contribution in [0.2, 0.25) is 0 Å². The Labute approximate surface area is 316 Å². The predicted molar refractivity (Wildman–Crippen MR) is 226 cm³/mol. The molecule has 1 nitrogen and oxygen atoms in total. The Morgan fingerprint density at radius 3 is 1.30 bits per heavy atom. The second kappa shape index (κ2) is 12.0. The summed E-state index contributed by atoms with van der Waals surface area (Å²) in [6, 6.07) is 78.2. The number of rotatable bonds is 5. The monoisotopic (exact) mass is 685 g/mol. The lowest BCUT2D eigenvalue weighted by Gasteiger charge is -2.31. The lowest BCUT2D eigenvalue weighted by atomic mass is 9.70. The molecule has 0 N–H and O–H groups in total. The van der Waals surface area contributed by atoms with Gasteiger partial charge in [-0.1, -0.05) is 170 Å². The van der Waals surface area contributed by atoms with E-state index in [9.17, 15) is 0 Å². The summed E-state index contributed by atoms with van der Waals surface area (Å²) in [7, 11) is 0. The van der Waals surface area contributed by atoms with Crippen molar-refractivity contribution in [3.8, 4) is 44.5 Å². The average molecular weight is 686 g/mol. The zero-order valence-corrected chi connectivity index (χ0v) is 29.7. The fourth-order valence-electron chi connectivity index (χ4n) is 9.28. The van der Waals surface area contributed by atoms with Gasteiger partial charge in [-0.2, -0.15) is 0 Å². The molecule has 54 heavy (non-hydrogen) atoms. The normalized spacial score (nSPS) is 13.0. The fraction of sp³-hybridized carbons (Fsp3) is 0.0189. The van der Waals surface area contributed by atoms with Gasteiger partial charge in [-0.3, -0.25) is 0 Å². The summed E-state index contributed by atoms with van der Waals surface area (Å²) in [5, 5.41) is 2.51. The summed E-state index contributed by atoms with van der Waals surface area (Å²) in [5.41, 5.74) is 18.5. The third-order valence-corrected chi connectivity index (χ3v) is 11.7. The molecule has 0 saturated carbocycles. The van der Waals surface area contributed by atoms with Crippen LogP contribution in [0.15, 0.2) is 212 Å². The molecule has 1 spiro atoms. The maximum Gasteiger partial charge on any atom is 0.0725 e. The van der Waals surface area contributed by atoms with Crippen molar-refractivity contribution in [2.45, 2.75) is 5.41 Å². The SMILES string of the molecule is c1ccc(-c2ccc(N(c3ccc(-c4ccc5ccccc5c4)cc3)c3ccc4c(c3)-c3ccccc3C43c4ccccc4-c4ccccc43)cc2)cc1. The Morgan fingerprint density at radius 1 is 0.259 bits per heavy atom. The molecule has 9 aromatic carbocycles. The Bertz CT molecular complexity index is 2820. The molecule has 2 aliphatic carbocycles. The van der Waals surface area contributed by atoms with E-state index in [1.807, 2.05) is 0 Å². The van der Waals surface area contributed by atoms with Crippen LogP contribution < -0.4 is 4.90 Å². The van der Waals surface area contributed by atoms with Crippen LogP contribution in [0.25, 0.3) is 55.3 Å². The third-order valence-electron chi connectivity index (χ3n) is 11.7. The van der Waals surface area contributed by atoms with E-state index in [-0.39, 0.29) is 5.41 Å². The van der Waals surface area contributed by atoms with Crippen molar-refractivity contribution in [1.29, 1.82) is 0 Å². The van der Waals surface area contributed by atoms with Crippen LogP contribution in [-0.4, -0.2) is 0 Å². The smallest absolute Gasteiger partial charge is 0.0725 e. The van der Waals surface area contributed by atoms with E-state index in [0.717, 1.165) is 17.1 Å². The van der Waals surface area contributed by atoms with Crippen LogP contribution >= 0.6 is 0 Å². The van der Waals surface area contributed by atoms with Gasteiger partial charge in [-0.25, -0.2) is 0 Å². The van der Waals surface area contributed by atoms with Gasteiger partial charge in [-0.15, -0.1) is 0 Å². The van der Waals surface area contributed by atoms with Crippen LogP contribution in [-0.2, 0) is 5.41 Å². The maximum atomic E-state index is 2.43. The lowest BCUT2D eigenvalue weighted by Crippen LogP contribution is -2.25. The second-order valence-corrected chi connectivity index (χ2v) is 14.5. The number of anilines is 3. The van der Waals surface area contributed by atoms with Crippen LogP contribution in [0.1, 0.15) is 22.3 Å². The average Bonchev–Trinajstić information content (AvgIpc) is 3.72. The first-order valence-corrected chi connectivity index (χ1v) is 18.8. The highest BCUT2D eigenvalue weighted by molar-refractivity contribution is 5.96. The van der Waals surface area contributed by atoms with Crippen molar-refractivity contribution in [3.63, 3.8) is 0 Å². The van der Waals surface area contributed by atoms with Crippen LogP contribution in [0.3, 0.4) is 0 Å². The Morgan fingerprint density at radius 2 is 0.685 bits per heavy atom. The Balaban J connectivity index is 1.08. The summed E-state index contributed by atoms with van der Waals surface area (Å²) in [6.45, 7) is 0. The summed E-state index contributed by atoms with van der Waals surface area (Å²) in [6.07, 6.45) is 0. The zero-order valence-electron chi connectivity index (χ0n) is 29.7. The molecule has 0 fully saturated rings. The number of nitrogens with zero attached hydrogens (tertiary/aromatic N) is 1. The summed E-state index contributed by atoms with van der Waals surface area (Å²) >= 11 is 0. The molecule has 252 valence electrons. The highest BCUT2D eigenvalue weighted by Gasteiger charge is 2.51. The largest absolute Gasteiger partial charge is 0.310 e. The minimum atomic E-state index is -0.360. The molecule has 0 radical (unpaired) electrons. The first kappa shape index (κ1) is 30.6. The van der Waals surface area contributed by atoms with Gasteiger partial charge in [-0.05, 0) is 120 Å². The summed E-state index contributed by atoms with van der Waals surface area (Å²) in [5.74, 6) is 0. The number of benzene rings is 9. The van der Waals surface area contributed by atoms with Crippen molar-refractivity contribution < 1.29 is 0 Å². The molecule has 9 aromatic rings. The topological polar surface area (TPSA) is 3.24 Å². The predicted octanol–water partition coefficient (Wildman–Crippen LogP) is 14.0. The lowest BCUT2D eigenvalue weighted by molar-refractivity contribution is 0.794. The van der Waals surface area contributed by atoms with E-state index in [4.69, 9.17) is 0 Å². The summed E-state index contributed by atoms with van der Waals surface area (Å²) in [4.78, 5) is 2.41. The molecule has 0 aliphatic heterocycles. The zero-order chi connectivity index (χ0) is 35.6. The maximum absolute atomic E-state index is 2.43. The molecule has 0 atom stereocenters. The van der Waals surface area contributed by atoms with Gasteiger partial charge in [0.15, 0.2) is 0 Å². The summed E-state index contributed by atoms with van der Waals surface area (Å²) < 4.78 is 0. The van der Waals surface area contributed by atoms with Crippen molar-refractivity contribution in [1.82, 2.24) is 0 Å². The minimum Gasteiger partial charge on any atom is -0.310 e.